The van der Waals surface area contributed by atoms with Gasteiger partial charge in [0.15, 0.2) is 0 Å². The van der Waals surface area contributed by atoms with Gasteiger partial charge in [-0.05, 0) is 53.4 Å². The first-order valence-corrected chi connectivity index (χ1v) is 11.2. The average Bonchev–Trinajstić information content (AvgIpc) is 2.88. The number of hydrogen-bond acceptors (Lipinski definition) is 3. The second kappa shape index (κ2) is 8.76. The molecule has 8 heteroatoms. The van der Waals surface area contributed by atoms with Crippen molar-refractivity contribution in [3.63, 3.8) is 0 Å². The van der Waals surface area contributed by atoms with Crippen LogP contribution in [0.15, 0.2) is 66.7 Å². The number of para-hydroxylation sites is 1. The maximum absolute atomic E-state index is 13.6. The van der Waals surface area contributed by atoms with Gasteiger partial charge in [0.2, 0.25) is 5.91 Å². The summed E-state index contributed by atoms with van der Waals surface area (Å²) >= 11 is 0. The highest BCUT2D eigenvalue weighted by atomic mass is 19.4. The van der Waals surface area contributed by atoms with Crippen molar-refractivity contribution in [1.29, 1.82) is 0 Å². The summed E-state index contributed by atoms with van der Waals surface area (Å²) < 4.78 is 39.5. The Morgan fingerprint density at radius 3 is 2.14 bits per heavy atom. The van der Waals surface area contributed by atoms with Crippen LogP contribution in [0.5, 0.6) is 0 Å². The molecule has 0 radical (unpaired) electrons. The highest BCUT2D eigenvalue weighted by Crippen LogP contribution is 2.46. The van der Waals surface area contributed by atoms with Crippen molar-refractivity contribution in [2.45, 2.75) is 38.8 Å². The lowest BCUT2D eigenvalue weighted by Gasteiger charge is -2.29. The molecule has 2 amide bonds. The number of benzene rings is 3. The number of rotatable bonds is 4. The van der Waals surface area contributed by atoms with Gasteiger partial charge in [-0.25, -0.2) is 0 Å². The zero-order valence-corrected chi connectivity index (χ0v) is 19.7. The average molecular weight is 482 g/mol. The van der Waals surface area contributed by atoms with E-state index >= 15 is 0 Å². The minimum absolute atomic E-state index is 0.0755. The first-order valence-electron chi connectivity index (χ1n) is 11.2. The molecule has 1 heterocycles. The highest BCUT2D eigenvalue weighted by Gasteiger charge is 2.35. The highest BCUT2D eigenvalue weighted by molar-refractivity contribution is 6.15. The molecule has 35 heavy (non-hydrogen) atoms. The van der Waals surface area contributed by atoms with Crippen LogP contribution in [0.3, 0.4) is 0 Å². The van der Waals surface area contributed by atoms with Gasteiger partial charge >= 0.3 is 6.18 Å². The van der Waals surface area contributed by atoms with E-state index in [0.717, 1.165) is 16.2 Å². The molecule has 3 aromatic carbocycles. The lowest BCUT2D eigenvalue weighted by atomic mass is 9.87. The van der Waals surface area contributed by atoms with Crippen LogP contribution in [0.2, 0.25) is 0 Å². The first kappa shape index (κ1) is 24.3. The predicted molar refractivity (Wildman–Crippen MR) is 131 cm³/mol. The Morgan fingerprint density at radius 2 is 1.54 bits per heavy atom. The maximum Gasteiger partial charge on any atom is 0.390 e. The molecule has 0 aliphatic carbocycles. The third-order valence-corrected chi connectivity index (χ3v) is 6.02. The van der Waals surface area contributed by atoms with Crippen LogP contribution in [0, 0.1) is 0 Å². The van der Waals surface area contributed by atoms with Gasteiger partial charge in [0.1, 0.15) is 0 Å². The predicted octanol–water partition coefficient (Wildman–Crippen LogP) is 6.47. The van der Waals surface area contributed by atoms with E-state index in [1.807, 2.05) is 29.2 Å². The minimum Gasteiger partial charge on any atom is -0.366 e. The largest absolute Gasteiger partial charge is 0.390 e. The van der Waals surface area contributed by atoms with E-state index < -0.39 is 31.0 Å². The standard InChI is InChI=1S/C27H26F3N3O2/c1-26(2,3)18-9-11-19(12-10-18)33-21-7-5-4-6-20(21)25(35)32(15-14-27(28,29)30)23-16-17(24(31)34)8-13-22(23)33/h4-13,16H,14-15H2,1-3H3,(H2,31,34). The smallest absolute Gasteiger partial charge is 0.366 e. The van der Waals surface area contributed by atoms with Crippen molar-refractivity contribution in [2.75, 3.05) is 16.3 Å². The Hall–Kier alpha value is -3.81. The van der Waals surface area contributed by atoms with Crippen molar-refractivity contribution in [2.24, 2.45) is 5.73 Å². The van der Waals surface area contributed by atoms with Crippen molar-refractivity contribution in [3.05, 3.63) is 83.4 Å². The number of alkyl halides is 3. The van der Waals surface area contributed by atoms with Crippen LogP contribution < -0.4 is 15.5 Å². The molecule has 0 spiro atoms. The fraction of sp³-hybridized carbons (Fsp3) is 0.259. The topological polar surface area (TPSA) is 66.6 Å². The van der Waals surface area contributed by atoms with Gasteiger partial charge in [-0.2, -0.15) is 13.2 Å². The second-order valence-electron chi connectivity index (χ2n) is 9.54. The molecule has 5 nitrogen and oxygen atoms in total. The van der Waals surface area contributed by atoms with Crippen LogP contribution in [0.1, 0.15) is 53.5 Å². The molecule has 1 aliphatic heterocycles. The van der Waals surface area contributed by atoms with Crippen molar-refractivity contribution >= 4 is 34.6 Å². The number of carbonyl (C=O) groups is 2. The quantitative estimate of drug-likeness (QED) is 0.465. The summed E-state index contributed by atoms with van der Waals surface area (Å²) in [5.74, 6) is -1.32. The van der Waals surface area contributed by atoms with Gasteiger partial charge in [-0.15, -0.1) is 0 Å². The van der Waals surface area contributed by atoms with E-state index in [0.29, 0.717) is 11.4 Å². The molecular weight excluding hydrogens is 455 g/mol. The zero-order chi connectivity index (χ0) is 25.5. The molecule has 0 bridgehead atoms. The SMILES string of the molecule is CC(C)(C)c1ccc(N2c3ccccc3C(=O)N(CCC(F)(F)F)c3cc(C(N)=O)ccc32)cc1. The summed E-state index contributed by atoms with van der Waals surface area (Å²) in [4.78, 5) is 28.4. The third kappa shape index (κ3) is 4.87. The number of hydrogen-bond donors (Lipinski definition) is 1. The van der Waals surface area contributed by atoms with Gasteiger partial charge in [-0.1, -0.05) is 45.0 Å². The molecule has 0 fully saturated rings. The van der Waals surface area contributed by atoms with E-state index in [9.17, 15) is 22.8 Å². The van der Waals surface area contributed by atoms with E-state index in [1.165, 1.54) is 12.1 Å². The fourth-order valence-corrected chi connectivity index (χ4v) is 4.17. The molecule has 3 aromatic rings. The summed E-state index contributed by atoms with van der Waals surface area (Å²) in [5, 5.41) is 0. The summed E-state index contributed by atoms with van der Waals surface area (Å²) in [6, 6.07) is 19.1. The van der Waals surface area contributed by atoms with E-state index in [-0.39, 0.29) is 22.2 Å². The lowest BCUT2D eigenvalue weighted by molar-refractivity contribution is -0.132. The van der Waals surface area contributed by atoms with Crippen LogP contribution in [0.4, 0.5) is 35.9 Å². The van der Waals surface area contributed by atoms with Crippen molar-refractivity contribution < 1.29 is 22.8 Å². The van der Waals surface area contributed by atoms with Crippen molar-refractivity contribution in [1.82, 2.24) is 0 Å². The molecule has 0 saturated carbocycles. The number of nitrogens with zero attached hydrogens (tertiary/aromatic N) is 2. The molecule has 0 atom stereocenters. The Kier molecular flexibility index (Phi) is 6.09. The molecule has 0 saturated heterocycles. The van der Waals surface area contributed by atoms with Crippen LogP contribution in [0.25, 0.3) is 0 Å². The van der Waals surface area contributed by atoms with Gasteiger partial charge in [0.05, 0.1) is 29.0 Å². The van der Waals surface area contributed by atoms with Gasteiger partial charge in [0.25, 0.3) is 5.91 Å². The molecule has 182 valence electrons. The summed E-state index contributed by atoms with van der Waals surface area (Å²) in [6.07, 6.45) is -5.66. The summed E-state index contributed by atoms with van der Waals surface area (Å²) in [5.41, 5.74) is 8.76. The first-order chi connectivity index (χ1) is 16.4. The normalized spacial score (nSPS) is 13.8. The monoisotopic (exact) mass is 481 g/mol. The molecule has 4 rings (SSSR count). The number of carbonyl (C=O) groups excluding carboxylic acids is 2. The molecule has 0 unspecified atom stereocenters. The van der Waals surface area contributed by atoms with Crippen LogP contribution in [-0.2, 0) is 5.41 Å². The summed E-state index contributed by atoms with van der Waals surface area (Å²) in [6.45, 7) is 5.70. The van der Waals surface area contributed by atoms with Crippen LogP contribution >= 0.6 is 0 Å². The van der Waals surface area contributed by atoms with E-state index in [2.05, 4.69) is 20.8 Å². The maximum atomic E-state index is 13.6. The second-order valence-corrected chi connectivity index (χ2v) is 9.54. The van der Waals surface area contributed by atoms with E-state index in [1.54, 1.807) is 30.3 Å². The van der Waals surface area contributed by atoms with Gasteiger partial charge < -0.3 is 15.5 Å². The van der Waals surface area contributed by atoms with E-state index in [4.69, 9.17) is 5.73 Å². The zero-order valence-electron chi connectivity index (χ0n) is 19.7. The Morgan fingerprint density at radius 1 is 0.886 bits per heavy atom. The summed E-state index contributed by atoms with van der Waals surface area (Å²) in [7, 11) is 0. The van der Waals surface area contributed by atoms with Crippen LogP contribution in [-0.4, -0.2) is 24.5 Å². The number of fused-ring (bicyclic) bond motifs is 2. The molecule has 1 aliphatic rings. The van der Waals surface area contributed by atoms with Gasteiger partial charge in [0, 0.05) is 17.8 Å². The number of primary amides is 1. The third-order valence-electron chi connectivity index (χ3n) is 6.02. The molecule has 2 N–H and O–H groups in total. The Labute approximate surface area is 202 Å². The Balaban J connectivity index is 1.96. The molecular formula is C27H26F3N3O2. The number of halogens is 3. The van der Waals surface area contributed by atoms with Gasteiger partial charge in [-0.3, -0.25) is 9.59 Å². The number of amides is 2. The number of anilines is 4. The molecule has 0 aromatic heterocycles. The fourth-order valence-electron chi connectivity index (χ4n) is 4.17. The lowest BCUT2D eigenvalue weighted by Crippen LogP contribution is -2.34. The Bertz CT molecular complexity index is 1280. The van der Waals surface area contributed by atoms with Crippen molar-refractivity contribution in [3.8, 4) is 0 Å². The minimum atomic E-state index is -4.46. The number of nitrogens with two attached hydrogens (primary N) is 1.